The van der Waals surface area contributed by atoms with Crippen LogP contribution >= 0.6 is 0 Å². The lowest BCUT2D eigenvalue weighted by atomic mass is 10.2. The van der Waals surface area contributed by atoms with Crippen molar-refractivity contribution in [3.05, 3.63) is 29.8 Å². The predicted octanol–water partition coefficient (Wildman–Crippen LogP) is 0.797. The van der Waals surface area contributed by atoms with E-state index in [-0.39, 0.29) is 36.4 Å². The van der Waals surface area contributed by atoms with Crippen LogP contribution in [0.5, 0.6) is 0 Å². The molecule has 0 radical (unpaired) electrons. The summed E-state index contributed by atoms with van der Waals surface area (Å²) < 4.78 is 48.4. The van der Waals surface area contributed by atoms with Crippen LogP contribution in [0.3, 0.4) is 0 Å². The monoisotopic (exact) mass is 388 g/mol. The summed E-state index contributed by atoms with van der Waals surface area (Å²) in [5.74, 6) is -0.195. The van der Waals surface area contributed by atoms with E-state index in [4.69, 9.17) is 0 Å². The maximum Gasteiger partial charge on any atom is 0.232 e. The molecule has 7 nitrogen and oxygen atoms in total. The molecule has 0 aliphatic carbocycles. The third kappa shape index (κ3) is 5.18. The minimum Gasteiger partial charge on any atom is -0.342 e. The molecule has 1 atom stereocenters. The van der Waals surface area contributed by atoms with Crippen molar-refractivity contribution in [2.75, 3.05) is 35.7 Å². The van der Waals surface area contributed by atoms with Gasteiger partial charge in [-0.15, -0.1) is 0 Å². The number of amides is 1. The summed E-state index contributed by atoms with van der Waals surface area (Å²) in [5.41, 5.74) is 1.52. The van der Waals surface area contributed by atoms with Crippen LogP contribution in [0.25, 0.3) is 0 Å². The summed E-state index contributed by atoms with van der Waals surface area (Å²) in [4.78, 5) is 13.8. The van der Waals surface area contributed by atoms with Crippen molar-refractivity contribution in [3.8, 4) is 0 Å². The van der Waals surface area contributed by atoms with Gasteiger partial charge in [-0.05, 0) is 25.5 Å². The Bertz CT molecular complexity index is 832. The van der Waals surface area contributed by atoms with Crippen LogP contribution in [0.1, 0.15) is 18.4 Å². The number of sulfone groups is 1. The third-order valence-electron chi connectivity index (χ3n) is 4.40. The molecule has 1 amide bonds. The van der Waals surface area contributed by atoms with Gasteiger partial charge in [-0.2, -0.15) is 0 Å². The number of carbonyl (C=O) groups is 1. The number of rotatable bonds is 6. The van der Waals surface area contributed by atoms with Gasteiger partial charge in [-0.3, -0.25) is 9.10 Å². The molecule has 1 unspecified atom stereocenters. The van der Waals surface area contributed by atoms with Gasteiger partial charge in [0.1, 0.15) is 0 Å². The fourth-order valence-corrected chi connectivity index (χ4v) is 5.56. The van der Waals surface area contributed by atoms with Crippen molar-refractivity contribution in [2.45, 2.75) is 25.8 Å². The number of benzene rings is 1. The lowest BCUT2D eigenvalue weighted by Gasteiger charge is -2.26. The fraction of sp³-hybridized carbons (Fsp3) is 0.562. The van der Waals surface area contributed by atoms with Crippen molar-refractivity contribution in [1.29, 1.82) is 0 Å². The second kappa shape index (κ2) is 7.33. The van der Waals surface area contributed by atoms with Gasteiger partial charge < -0.3 is 4.90 Å². The highest BCUT2D eigenvalue weighted by Crippen LogP contribution is 2.20. The van der Waals surface area contributed by atoms with E-state index in [2.05, 4.69) is 0 Å². The average Bonchev–Trinajstić information content (AvgIpc) is 2.87. The van der Waals surface area contributed by atoms with Crippen LogP contribution in [0.2, 0.25) is 0 Å². The van der Waals surface area contributed by atoms with E-state index in [0.29, 0.717) is 12.1 Å². The SMILES string of the molecule is Cc1ccc(N(CCC(=O)N(C)C2CCS(=O)(=O)C2)S(C)(=O)=O)cc1. The molecular weight excluding hydrogens is 364 g/mol. The first-order valence-electron chi connectivity index (χ1n) is 8.00. The molecule has 0 N–H and O–H groups in total. The Balaban J connectivity index is 2.05. The predicted molar refractivity (Wildman–Crippen MR) is 97.8 cm³/mol. The van der Waals surface area contributed by atoms with Crippen molar-refractivity contribution in [2.24, 2.45) is 0 Å². The van der Waals surface area contributed by atoms with Gasteiger partial charge in [0.15, 0.2) is 9.84 Å². The zero-order chi connectivity index (χ0) is 18.8. The molecule has 0 saturated carbocycles. The van der Waals surface area contributed by atoms with Crippen LogP contribution in [-0.4, -0.2) is 65.0 Å². The Morgan fingerprint density at radius 3 is 2.32 bits per heavy atom. The summed E-state index contributed by atoms with van der Waals surface area (Å²) in [6, 6.07) is 6.70. The number of hydrogen-bond donors (Lipinski definition) is 0. The number of hydrogen-bond acceptors (Lipinski definition) is 5. The lowest BCUT2D eigenvalue weighted by Crippen LogP contribution is -2.40. The van der Waals surface area contributed by atoms with Crippen LogP contribution < -0.4 is 4.31 Å². The van der Waals surface area contributed by atoms with Crippen molar-refractivity contribution >= 4 is 31.5 Å². The Kier molecular flexibility index (Phi) is 5.78. The first-order valence-corrected chi connectivity index (χ1v) is 11.7. The minimum absolute atomic E-state index is 0.00596. The highest BCUT2D eigenvalue weighted by Gasteiger charge is 2.32. The summed E-state index contributed by atoms with van der Waals surface area (Å²) in [6.45, 7) is 1.92. The zero-order valence-corrected chi connectivity index (χ0v) is 16.3. The van der Waals surface area contributed by atoms with Crippen molar-refractivity contribution in [1.82, 2.24) is 4.90 Å². The van der Waals surface area contributed by atoms with E-state index < -0.39 is 19.9 Å². The van der Waals surface area contributed by atoms with Crippen LogP contribution in [0.4, 0.5) is 5.69 Å². The Labute approximate surface area is 149 Å². The van der Waals surface area contributed by atoms with Crippen LogP contribution in [0.15, 0.2) is 24.3 Å². The molecule has 0 bridgehead atoms. The van der Waals surface area contributed by atoms with Gasteiger partial charge in [0.05, 0.1) is 23.4 Å². The molecule has 1 fully saturated rings. The Morgan fingerprint density at radius 2 is 1.84 bits per heavy atom. The molecule has 2 rings (SSSR count). The van der Waals surface area contributed by atoms with E-state index in [1.807, 2.05) is 19.1 Å². The number of nitrogens with zero attached hydrogens (tertiary/aromatic N) is 2. The normalized spacial score (nSPS) is 19.6. The third-order valence-corrected chi connectivity index (χ3v) is 7.34. The maximum atomic E-state index is 12.4. The molecule has 25 heavy (non-hydrogen) atoms. The molecule has 0 spiro atoms. The summed E-state index contributed by atoms with van der Waals surface area (Å²) >= 11 is 0. The zero-order valence-electron chi connectivity index (χ0n) is 14.7. The number of sulfonamides is 1. The van der Waals surface area contributed by atoms with Gasteiger partial charge in [-0.1, -0.05) is 17.7 Å². The molecule has 1 aromatic carbocycles. The average molecular weight is 389 g/mol. The molecule has 1 aliphatic rings. The van der Waals surface area contributed by atoms with Crippen LogP contribution in [-0.2, 0) is 24.7 Å². The van der Waals surface area contributed by atoms with E-state index in [1.165, 1.54) is 9.21 Å². The molecule has 1 saturated heterocycles. The number of aryl methyl sites for hydroxylation is 1. The molecule has 140 valence electrons. The van der Waals surface area contributed by atoms with Crippen molar-refractivity contribution in [3.63, 3.8) is 0 Å². The van der Waals surface area contributed by atoms with E-state index in [0.717, 1.165) is 11.8 Å². The Hall–Kier alpha value is -1.61. The second-order valence-corrected chi connectivity index (χ2v) is 10.6. The number of carbonyl (C=O) groups excluding carboxylic acids is 1. The highest BCUT2D eigenvalue weighted by molar-refractivity contribution is 7.92. The second-order valence-electron chi connectivity index (χ2n) is 6.48. The van der Waals surface area contributed by atoms with Crippen molar-refractivity contribution < 1.29 is 21.6 Å². The summed E-state index contributed by atoms with van der Waals surface area (Å²) in [6.07, 6.45) is 1.52. The molecule has 1 aromatic rings. The van der Waals surface area contributed by atoms with Gasteiger partial charge in [-0.25, -0.2) is 16.8 Å². The number of anilines is 1. The first kappa shape index (κ1) is 19.7. The standard InChI is InChI=1S/C16H24N2O5S2/c1-13-4-6-14(7-5-13)18(24(3,20)21)10-8-16(19)17(2)15-9-11-25(22,23)12-15/h4-7,15H,8-12H2,1-3H3. The Morgan fingerprint density at radius 1 is 1.24 bits per heavy atom. The lowest BCUT2D eigenvalue weighted by molar-refractivity contribution is -0.131. The van der Waals surface area contributed by atoms with E-state index in [1.54, 1.807) is 19.2 Å². The first-order chi connectivity index (χ1) is 11.5. The summed E-state index contributed by atoms with van der Waals surface area (Å²) in [7, 11) is -5.02. The van der Waals surface area contributed by atoms with Crippen LogP contribution in [0, 0.1) is 6.92 Å². The van der Waals surface area contributed by atoms with Gasteiger partial charge >= 0.3 is 0 Å². The quantitative estimate of drug-likeness (QED) is 0.719. The maximum absolute atomic E-state index is 12.4. The van der Waals surface area contributed by atoms with E-state index >= 15 is 0 Å². The molecule has 1 heterocycles. The van der Waals surface area contributed by atoms with Gasteiger partial charge in [0.2, 0.25) is 15.9 Å². The van der Waals surface area contributed by atoms with Gasteiger partial charge in [0.25, 0.3) is 0 Å². The molecular formula is C16H24N2O5S2. The topological polar surface area (TPSA) is 91.8 Å². The molecule has 1 aliphatic heterocycles. The highest BCUT2D eigenvalue weighted by atomic mass is 32.2. The summed E-state index contributed by atoms with van der Waals surface area (Å²) in [5, 5.41) is 0. The van der Waals surface area contributed by atoms with E-state index in [9.17, 15) is 21.6 Å². The smallest absolute Gasteiger partial charge is 0.232 e. The molecule has 0 aromatic heterocycles. The largest absolute Gasteiger partial charge is 0.342 e. The molecule has 9 heteroatoms. The van der Waals surface area contributed by atoms with Gasteiger partial charge in [0, 0.05) is 26.1 Å². The minimum atomic E-state index is -3.52. The fourth-order valence-electron chi connectivity index (χ4n) is 2.86.